The average molecular weight is 330 g/mol. The number of hydrogen-bond acceptors (Lipinski definition) is 2. The highest BCUT2D eigenvalue weighted by molar-refractivity contribution is 6.09. The molecule has 0 aromatic heterocycles. The third-order valence-electron chi connectivity index (χ3n) is 3.24. The highest BCUT2D eigenvalue weighted by Crippen LogP contribution is 2.32. The molecule has 0 unspecified atom stereocenters. The van der Waals surface area contributed by atoms with E-state index in [1.165, 1.54) is 18.2 Å². The Kier molecular flexibility index (Phi) is 5.05. The number of alkyl halides is 3. The third-order valence-corrected chi connectivity index (χ3v) is 3.24. The van der Waals surface area contributed by atoms with Crippen LogP contribution in [0, 0.1) is 18.3 Å². The van der Waals surface area contributed by atoms with Crippen molar-refractivity contribution in [2.45, 2.75) is 13.1 Å². The maximum Gasteiger partial charge on any atom is 0.416 e. The molecule has 0 saturated carbocycles. The Balaban J connectivity index is 2.32. The van der Waals surface area contributed by atoms with Gasteiger partial charge in [-0.25, -0.2) is 0 Å². The van der Waals surface area contributed by atoms with Crippen molar-refractivity contribution >= 4 is 17.7 Å². The Hall–Kier alpha value is -3.07. The van der Waals surface area contributed by atoms with E-state index in [2.05, 4.69) is 5.32 Å². The number of rotatable bonds is 3. The molecule has 0 bridgehead atoms. The number of aryl methyl sites for hydroxylation is 1. The van der Waals surface area contributed by atoms with Gasteiger partial charge in [0.05, 0.1) is 5.56 Å². The lowest BCUT2D eigenvalue weighted by Gasteiger charge is -2.10. The second-order valence-corrected chi connectivity index (χ2v) is 5.07. The first-order valence-corrected chi connectivity index (χ1v) is 6.97. The number of halogens is 3. The van der Waals surface area contributed by atoms with Crippen LogP contribution in [0.2, 0.25) is 0 Å². The monoisotopic (exact) mass is 330 g/mol. The lowest BCUT2D eigenvalue weighted by atomic mass is 10.0. The van der Waals surface area contributed by atoms with Gasteiger partial charge in [0, 0.05) is 5.69 Å². The zero-order valence-electron chi connectivity index (χ0n) is 12.7. The van der Waals surface area contributed by atoms with Gasteiger partial charge in [-0.1, -0.05) is 35.9 Å². The van der Waals surface area contributed by atoms with Gasteiger partial charge in [-0.15, -0.1) is 0 Å². The number of benzene rings is 2. The van der Waals surface area contributed by atoms with Gasteiger partial charge >= 0.3 is 6.18 Å². The second kappa shape index (κ2) is 7.01. The highest BCUT2D eigenvalue weighted by Gasteiger charge is 2.32. The van der Waals surface area contributed by atoms with Gasteiger partial charge in [-0.2, -0.15) is 18.4 Å². The van der Waals surface area contributed by atoms with Gasteiger partial charge in [0.25, 0.3) is 5.91 Å². The molecule has 1 amide bonds. The largest absolute Gasteiger partial charge is 0.416 e. The Bertz CT molecular complexity index is 815. The number of nitrogens with zero attached hydrogens (tertiary/aromatic N) is 1. The molecule has 0 radical (unpaired) electrons. The normalized spacial score (nSPS) is 11.7. The van der Waals surface area contributed by atoms with Crippen LogP contribution >= 0.6 is 0 Å². The van der Waals surface area contributed by atoms with Crippen molar-refractivity contribution in [3.63, 3.8) is 0 Å². The van der Waals surface area contributed by atoms with Gasteiger partial charge in [-0.3, -0.25) is 4.79 Å². The van der Waals surface area contributed by atoms with Crippen molar-refractivity contribution in [1.29, 1.82) is 5.26 Å². The van der Waals surface area contributed by atoms with Crippen LogP contribution in [0.1, 0.15) is 16.7 Å². The zero-order valence-corrected chi connectivity index (χ0v) is 12.7. The van der Waals surface area contributed by atoms with Crippen LogP contribution in [0.15, 0.2) is 54.1 Å². The van der Waals surface area contributed by atoms with Gasteiger partial charge in [-0.05, 0) is 36.8 Å². The van der Waals surface area contributed by atoms with E-state index in [1.54, 1.807) is 30.3 Å². The van der Waals surface area contributed by atoms with Crippen molar-refractivity contribution in [3.05, 3.63) is 70.8 Å². The zero-order chi connectivity index (χ0) is 17.7. The van der Waals surface area contributed by atoms with Crippen LogP contribution in [0.4, 0.5) is 18.9 Å². The number of carbonyl (C=O) groups excluding carboxylic acids is 1. The van der Waals surface area contributed by atoms with E-state index in [-0.39, 0.29) is 5.56 Å². The van der Waals surface area contributed by atoms with E-state index < -0.39 is 23.2 Å². The lowest BCUT2D eigenvalue weighted by molar-refractivity contribution is -0.137. The lowest BCUT2D eigenvalue weighted by Crippen LogP contribution is -2.14. The number of nitriles is 1. The van der Waals surface area contributed by atoms with Crippen LogP contribution in [0.3, 0.4) is 0 Å². The van der Waals surface area contributed by atoms with Crippen LogP contribution in [-0.2, 0) is 11.0 Å². The molecule has 2 aromatic carbocycles. The first-order valence-electron chi connectivity index (χ1n) is 6.97. The van der Waals surface area contributed by atoms with Gasteiger partial charge in [0.2, 0.25) is 0 Å². The van der Waals surface area contributed by atoms with Crippen molar-refractivity contribution in [3.8, 4) is 6.07 Å². The van der Waals surface area contributed by atoms with Crippen molar-refractivity contribution in [2.75, 3.05) is 5.32 Å². The Labute approximate surface area is 137 Å². The smallest absolute Gasteiger partial charge is 0.321 e. The van der Waals surface area contributed by atoms with E-state index >= 15 is 0 Å². The van der Waals surface area contributed by atoms with Gasteiger partial charge < -0.3 is 5.32 Å². The Morgan fingerprint density at radius 2 is 1.75 bits per heavy atom. The Morgan fingerprint density at radius 1 is 1.12 bits per heavy atom. The summed E-state index contributed by atoms with van der Waals surface area (Å²) in [6, 6.07) is 13.2. The second-order valence-electron chi connectivity index (χ2n) is 5.07. The van der Waals surface area contributed by atoms with Crippen LogP contribution in [0.5, 0.6) is 0 Å². The number of amides is 1. The number of carbonyl (C=O) groups is 1. The predicted molar refractivity (Wildman–Crippen MR) is 84.8 cm³/mol. The first kappa shape index (κ1) is 17.3. The fraction of sp³-hybridized carbons (Fsp3) is 0.111. The minimum Gasteiger partial charge on any atom is -0.321 e. The van der Waals surface area contributed by atoms with E-state index in [0.717, 1.165) is 17.7 Å². The van der Waals surface area contributed by atoms with Gasteiger partial charge in [0.15, 0.2) is 0 Å². The summed E-state index contributed by atoms with van der Waals surface area (Å²) in [4.78, 5) is 12.1. The Morgan fingerprint density at radius 3 is 2.33 bits per heavy atom. The molecule has 2 aromatic rings. The number of hydrogen-bond donors (Lipinski definition) is 1. The molecule has 0 fully saturated rings. The summed E-state index contributed by atoms with van der Waals surface area (Å²) >= 11 is 0. The predicted octanol–water partition coefficient (Wildman–Crippen LogP) is 4.56. The standard InChI is InChI=1S/C18H13F3N2O/c1-12-6-8-15(9-7-12)23-17(24)14(11-22)10-13-4-2-3-5-16(13)18(19,20)21/h2-10H,1H3,(H,23,24)/b14-10+. The molecule has 6 heteroatoms. The molecule has 0 aliphatic rings. The summed E-state index contributed by atoms with van der Waals surface area (Å²) in [6.45, 7) is 1.88. The molecule has 0 aliphatic carbocycles. The molecular formula is C18H13F3N2O. The van der Waals surface area contributed by atoms with E-state index in [4.69, 9.17) is 5.26 Å². The minimum atomic E-state index is -4.57. The first-order chi connectivity index (χ1) is 11.3. The van der Waals surface area contributed by atoms with Crippen LogP contribution in [0.25, 0.3) is 6.08 Å². The molecule has 1 N–H and O–H groups in total. The van der Waals surface area contributed by atoms with Crippen molar-refractivity contribution in [1.82, 2.24) is 0 Å². The van der Waals surface area contributed by atoms with E-state index in [9.17, 15) is 18.0 Å². The summed E-state index contributed by atoms with van der Waals surface area (Å²) in [5.41, 5.74) is -0.104. The summed E-state index contributed by atoms with van der Waals surface area (Å²) in [5, 5.41) is 11.6. The number of anilines is 1. The molecule has 0 atom stereocenters. The summed E-state index contributed by atoms with van der Waals surface area (Å²) in [6.07, 6.45) is -3.63. The molecule has 122 valence electrons. The fourth-order valence-electron chi connectivity index (χ4n) is 2.02. The van der Waals surface area contributed by atoms with Crippen LogP contribution < -0.4 is 5.32 Å². The highest BCUT2D eigenvalue weighted by atomic mass is 19.4. The van der Waals surface area contributed by atoms with E-state index in [1.807, 2.05) is 6.92 Å². The van der Waals surface area contributed by atoms with Crippen molar-refractivity contribution in [2.24, 2.45) is 0 Å². The molecule has 0 saturated heterocycles. The molecule has 0 heterocycles. The molecule has 24 heavy (non-hydrogen) atoms. The molecule has 3 nitrogen and oxygen atoms in total. The topological polar surface area (TPSA) is 52.9 Å². The fourth-order valence-corrected chi connectivity index (χ4v) is 2.02. The molecule has 0 spiro atoms. The van der Waals surface area contributed by atoms with Crippen LogP contribution in [-0.4, -0.2) is 5.91 Å². The quantitative estimate of drug-likeness (QED) is 0.662. The molecule has 2 rings (SSSR count). The summed E-state index contributed by atoms with van der Waals surface area (Å²) < 4.78 is 38.9. The number of nitrogens with one attached hydrogen (secondary N) is 1. The summed E-state index contributed by atoms with van der Waals surface area (Å²) in [5.74, 6) is -0.765. The average Bonchev–Trinajstić information content (AvgIpc) is 2.54. The maximum absolute atomic E-state index is 13.0. The minimum absolute atomic E-state index is 0.236. The SMILES string of the molecule is Cc1ccc(NC(=O)/C(C#N)=C/c2ccccc2C(F)(F)F)cc1. The van der Waals surface area contributed by atoms with Crippen molar-refractivity contribution < 1.29 is 18.0 Å². The summed E-state index contributed by atoms with van der Waals surface area (Å²) in [7, 11) is 0. The van der Waals surface area contributed by atoms with E-state index in [0.29, 0.717) is 5.69 Å². The molecule has 0 aliphatic heterocycles. The third kappa shape index (κ3) is 4.23. The molecular weight excluding hydrogens is 317 g/mol. The maximum atomic E-state index is 13.0. The van der Waals surface area contributed by atoms with Gasteiger partial charge in [0.1, 0.15) is 11.6 Å².